The Morgan fingerprint density at radius 2 is 2.21 bits per heavy atom. The van der Waals surface area contributed by atoms with Gasteiger partial charge < -0.3 is 9.47 Å². The van der Waals surface area contributed by atoms with E-state index in [1.165, 1.54) is 7.11 Å². The van der Waals surface area contributed by atoms with Gasteiger partial charge >= 0.3 is 5.97 Å². The van der Waals surface area contributed by atoms with Gasteiger partial charge in [0, 0.05) is 5.02 Å². The molecule has 0 radical (unpaired) electrons. The summed E-state index contributed by atoms with van der Waals surface area (Å²) in [4.78, 5) is 11.0. The minimum absolute atomic E-state index is 0.412. The van der Waals surface area contributed by atoms with Gasteiger partial charge in [-0.25, -0.2) is 4.79 Å². The molecule has 0 bridgehead atoms. The molecule has 0 aliphatic rings. The number of hydrogen-bond donors (Lipinski definition) is 0. The van der Waals surface area contributed by atoms with E-state index in [1.54, 1.807) is 31.2 Å². The molecule has 1 aromatic rings. The topological polar surface area (TPSA) is 35.5 Å². The highest BCUT2D eigenvalue weighted by Gasteiger charge is 2.14. The molecule has 14 heavy (non-hydrogen) atoms. The molecule has 4 heteroatoms. The lowest BCUT2D eigenvalue weighted by molar-refractivity contribution is -0.147. The molecule has 0 N–H and O–H groups in total. The molecule has 76 valence electrons. The second-order valence-electron chi connectivity index (χ2n) is 2.74. The number of carbonyl (C=O) groups is 1. The van der Waals surface area contributed by atoms with Crippen LogP contribution in [0, 0.1) is 0 Å². The Bertz CT molecular complexity index is 325. The molecule has 1 rings (SSSR count). The fourth-order valence-corrected chi connectivity index (χ4v) is 1.14. The normalized spacial score (nSPS) is 11.9. The molecule has 0 aromatic heterocycles. The minimum atomic E-state index is -0.626. The summed E-state index contributed by atoms with van der Waals surface area (Å²) in [6, 6.07) is 6.85. The van der Waals surface area contributed by atoms with Crippen LogP contribution in [-0.4, -0.2) is 19.2 Å². The average molecular weight is 215 g/mol. The van der Waals surface area contributed by atoms with Gasteiger partial charge in [-0.2, -0.15) is 0 Å². The van der Waals surface area contributed by atoms with Crippen LogP contribution in [0.5, 0.6) is 5.75 Å². The zero-order valence-corrected chi connectivity index (χ0v) is 8.75. The fraction of sp³-hybridized carbons (Fsp3) is 0.300. The number of esters is 1. The lowest BCUT2D eigenvalue weighted by Gasteiger charge is -2.12. The number of methoxy groups -OCH3 is 1. The summed E-state index contributed by atoms with van der Waals surface area (Å²) < 4.78 is 9.81. The molecular weight excluding hydrogens is 204 g/mol. The van der Waals surface area contributed by atoms with Crippen molar-refractivity contribution in [2.75, 3.05) is 7.11 Å². The van der Waals surface area contributed by atoms with Gasteiger partial charge in [-0.1, -0.05) is 17.7 Å². The van der Waals surface area contributed by atoms with Crippen LogP contribution in [0.4, 0.5) is 0 Å². The second-order valence-corrected chi connectivity index (χ2v) is 3.18. The van der Waals surface area contributed by atoms with Crippen molar-refractivity contribution < 1.29 is 14.3 Å². The van der Waals surface area contributed by atoms with Crippen LogP contribution in [0.15, 0.2) is 24.3 Å². The first-order chi connectivity index (χ1) is 6.63. The molecule has 0 unspecified atom stereocenters. The number of ether oxygens (including phenoxy) is 2. The van der Waals surface area contributed by atoms with Gasteiger partial charge in [0.2, 0.25) is 0 Å². The minimum Gasteiger partial charge on any atom is -0.479 e. The van der Waals surface area contributed by atoms with Crippen molar-refractivity contribution in [1.82, 2.24) is 0 Å². The molecular formula is C10H11ClO3. The van der Waals surface area contributed by atoms with Crippen molar-refractivity contribution in [2.45, 2.75) is 13.0 Å². The quantitative estimate of drug-likeness (QED) is 0.725. The van der Waals surface area contributed by atoms with E-state index in [0.29, 0.717) is 10.8 Å². The van der Waals surface area contributed by atoms with Gasteiger partial charge in [0.1, 0.15) is 5.75 Å². The summed E-state index contributed by atoms with van der Waals surface area (Å²) in [5, 5.41) is 0.569. The molecule has 0 saturated carbocycles. The van der Waals surface area contributed by atoms with E-state index < -0.39 is 12.1 Å². The Kier molecular flexibility index (Phi) is 3.77. The Hall–Kier alpha value is -1.22. The third kappa shape index (κ3) is 2.92. The number of carbonyl (C=O) groups excluding carboxylic acids is 1. The van der Waals surface area contributed by atoms with Crippen LogP contribution in [0.25, 0.3) is 0 Å². The van der Waals surface area contributed by atoms with Gasteiger partial charge in [-0.15, -0.1) is 0 Å². The Labute approximate surface area is 87.6 Å². The van der Waals surface area contributed by atoms with Gasteiger partial charge in [-0.05, 0) is 25.1 Å². The molecule has 1 aromatic carbocycles. The summed E-state index contributed by atoms with van der Waals surface area (Å²) in [7, 11) is 1.32. The zero-order valence-electron chi connectivity index (χ0n) is 7.99. The van der Waals surface area contributed by atoms with Gasteiger partial charge in [-0.3, -0.25) is 0 Å². The maximum Gasteiger partial charge on any atom is 0.346 e. The first-order valence-electron chi connectivity index (χ1n) is 4.13. The van der Waals surface area contributed by atoms with E-state index in [2.05, 4.69) is 4.74 Å². The third-order valence-corrected chi connectivity index (χ3v) is 1.88. The second kappa shape index (κ2) is 4.86. The van der Waals surface area contributed by atoms with Crippen LogP contribution in [0.1, 0.15) is 6.92 Å². The Balaban J connectivity index is 2.64. The third-order valence-electron chi connectivity index (χ3n) is 1.64. The highest BCUT2D eigenvalue weighted by Crippen LogP contribution is 2.18. The zero-order chi connectivity index (χ0) is 10.6. The Morgan fingerprint density at radius 3 is 2.79 bits per heavy atom. The lowest BCUT2D eigenvalue weighted by Crippen LogP contribution is -2.24. The molecule has 0 spiro atoms. The van der Waals surface area contributed by atoms with Gasteiger partial charge in [0.15, 0.2) is 6.10 Å². The van der Waals surface area contributed by atoms with Crippen LogP contribution < -0.4 is 4.74 Å². The van der Waals surface area contributed by atoms with Crippen molar-refractivity contribution in [3.05, 3.63) is 29.3 Å². The van der Waals surface area contributed by atoms with Crippen LogP contribution in [0.3, 0.4) is 0 Å². The summed E-state index contributed by atoms with van der Waals surface area (Å²) >= 11 is 5.75. The smallest absolute Gasteiger partial charge is 0.346 e. The first kappa shape index (κ1) is 10.9. The predicted molar refractivity (Wildman–Crippen MR) is 53.6 cm³/mol. The summed E-state index contributed by atoms with van der Waals surface area (Å²) in [5.74, 6) is 0.139. The predicted octanol–water partition coefficient (Wildman–Crippen LogP) is 2.28. The molecule has 0 aliphatic carbocycles. The molecule has 0 fully saturated rings. The summed E-state index contributed by atoms with van der Waals surface area (Å²) in [5.41, 5.74) is 0. The maximum atomic E-state index is 11.0. The molecule has 0 saturated heterocycles. The highest BCUT2D eigenvalue weighted by atomic mass is 35.5. The number of hydrogen-bond acceptors (Lipinski definition) is 3. The fourth-order valence-electron chi connectivity index (χ4n) is 0.959. The standard InChI is InChI=1S/C10H11ClO3/c1-7(10(12)13-2)14-9-5-3-4-8(11)6-9/h3-7H,1-2H3/t7-/m0/s1. The number of rotatable bonds is 3. The van der Waals surface area contributed by atoms with Gasteiger partial charge in [0.05, 0.1) is 7.11 Å². The molecule has 3 nitrogen and oxygen atoms in total. The molecule has 1 atom stereocenters. The van der Waals surface area contributed by atoms with Crippen molar-refractivity contribution in [3.63, 3.8) is 0 Å². The summed E-state index contributed by atoms with van der Waals surface area (Å²) in [6.07, 6.45) is -0.626. The van der Waals surface area contributed by atoms with Crippen molar-refractivity contribution >= 4 is 17.6 Å². The van der Waals surface area contributed by atoms with E-state index >= 15 is 0 Å². The maximum absolute atomic E-state index is 11.0. The van der Waals surface area contributed by atoms with E-state index in [4.69, 9.17) is 16.3 Å². The Morgan fingerprint density at radius 1 is 1.50 bits per heavy atom. The number of halogens is 1. The number of benzene rings is 1. The lowest BCUT2D eigenvalue weighted by atomic mass is 10.3. The SMILES string of the molecule is COC(=O)[C@H](C)Oc1cccc(Cl)c1. The van der Waals surface area contributed by atoms with Crippen molar-refractivity contribution in [3.8, 4) is 5.75 Å². The summed E-state index contributed by atoms with van der Waals surface area (Å²) in [6.45, 7) is 1.62. The molecule has 0 heterocycles. The first-order valence-corrected chi connectivity index (χ1v) is 4.51. The van der Waals surface area contributed by atoms with E-state index in [0.717, 1.165) is 0 Å². The van der Waals surface area contributed by atoms with Crippen LogP contribution >= 0.6 is 11.6 Å². The van der Waals surface area contributed by atoms with Crippen LogP contribution in [-0.2, 0) is 9.53 Å². The molecule has 0 aliphatic heterocycles. The van der Waals surface area contributed by atoms with E-state index in [1.807, 2.05) is 0 Å². The monoisotopic (exact) mass is 214 g/mol. The van der Waals surface area contributed by atoms with Crippen LogP contribution in [0.2, 0.25) is 5.02 Å². The van der Waals surface area contributed by atoms with E-state index in [9.17, 15) is 4.79 Å². The van der Waals surface area contributed by atoms with Gasteiger partial charge in [0.25, 0.3) is 0 Å². The van der Waals surface area contributed by atoms with Crippen molar-refractivity contribution in [1.29, 1.82) is 0 Å². The largest absolute Gasteiger partial charge is 0.479 e. The average Bonchev–Trinajstić information content (AvgIpc) is 2.16. The highest BCUT2D eigenvalue weighted by molar-refractivity contribution is 6.30. The van der Waals surface area contributed by atoms with Crippen molar-refractivity contribution in [2.24, 2.45) is 0 Å². The van der Waals surface area contributed by atoms with E-state index in [-0.39, 0.29) is 0 Å². The molecule has 0 amide bonds.